The summed E-state index contributed by atoms with van der Waals surface area (Å²) in [5.74, 6) is 1.20. The number of rotatable bonds is 3. The molecule has 21 heavy (non-hydrogen) atoms. The Bertz CT molecular complexity index is 457. The zero-order valence-electron chi connectivity index (χ0n) is 13.9. The van der Waals surface area contributed by atoms with E-state index in [4.69, 9.17) is 0 Å². The number of piperidine rings is 2. The van der Waals surface area contributed by atoms with Gasteiger partial charge in [-0.3, -0.25) is 4.90 Å². The van der Waals surface area contributed by atoms with Gasteiger partial charge in [-0.25, -0.2) is 4.98 Å². The van der Waals surface area contributed by atoms with Gasteiger partial charge in [0.2, 0.25) is 0 Å². The van der Waals surface area contributed by atoms with Crippen molar-refractivity contribution >= 4 is 0 Å². The van der Waals surface area contributed by atoms with Gasteiger partial charge < -0.3 is 9.47 Å². The Morgan fingerprint density at radius 2 is 1.95 bits per heavy atom. The van der Waals surface area contributed by atoms with Gasteiger partial charge in [-0.05, 0) is 64.6 Å². The van der Waals surface area contributed by atoms with E-state index < -0.39 is 0 Å². The van der Waals surface area contributed by atoms with E-state index in [0.29, 0.717) is 11.5 Å². The average Bonchev–Trinajstić information content (AvgIpc) is 2.85. The number of aromatic nitrogens is 2. The monoisotopic (exact) mass is 290 g/mol. The molecule has 0 aromatic carbocycles. The van der Waals surface area contributed by atoms with Crippen LogP contribution in [0.4, 0.5) is 0 Å². The summed E-state index contributed by atoms with van der Waals surface area (Å²) in [6.45, 7) is 10.7. The fraction of sp³-hybridized carbons (Fsp3) is 0.824. The minimum Gasteiger partial charge on any atom is -0.337 e. The maximum Gasteiger partial charge on any atom is 0.122 e. The van der Waals surface area contributed by atoms with Crippen molar-refractivity contribution in [2.24, 2.45) is 12.5 Å². The highest BCUT2D eigenvalue weighted by atomic mass is 15.2. The molecule has 2 saturated heterocycles. The third kappa shape index (κ3) is 3.32. The van der Waals surface area contributed by atoms with E-state index in [9.17, 15) is 0 Å². The van der Waals surface area contributed by atoms with Gasteiger partial charge in [-0.2, -0.15) is 0 Å². The molecule has 0 unspecified atom stereocenters. The molecule has 4 nitrogen and oxygen atoms in total. The largest absolute Gasteiger partial charge is 0.337 e. The number of hydrogen-bond acceptors (Lipinski definition) is 3. The van der Waals surface area contributed by atoms with E-state index >= 15 is 0 Å². The summed E-state index contributed by atoms with van der Waals surface area (Å²) in [5, 5.41) is 0. The predicted molar refractivity (Wildman–Crippen MR) is 86.1 cm³/mol. The van der Waals surface area contributed by atoms with Crippen LogP contribution in [0.5, 0.6) is 0 Å². The van der Waals surface area contributed by atoms with Crippen LogP contribution >= 0.6 is 0 Å². The Hall–Kier alpha value is -0.870. The molecule has 2 aliphatic heterocycles. The van der Waals surface area contributed by atoms with Crippen molar-refractivity contribution in [1.82, 2.24) is 19.4 Å². The molecule has 0 N–H and O–H groups in total. The molecule has 4 heteroatoms. The Labute approximate surface area is 129 Å². The van der Waals surface area contributed by atoms with Crippen molar-refractivity contribution in [3.8, 4) is 0 Å². The van der Waals surface area contributed by atoms with E-state index in [2.05, 4.69) is 46.4 Å². The minimum absolute atomic E-state index is 0.578. The first-order chi connectivity index (χ1) is 10.1. The van der Waals surface area contributed by atoms with Crippen LogP contribution in [-0.4, -0.2) is 51.6 Å². The third-order valence-corrected chi connectivity index (χ3v) is 5.62. The standard InChI is InChI=1S/C17H30N4/c1-15(2)21-10-6-17(7-11-21)5-4-9-20(14-17)13-16-18-8-12-19(16)3/h8,12,15H,4-7,9-11,13-14H2,1-3H3. The van der Waals surface area contributed by atoms with E-state index in [0.717, 1.165) is 6.54 Å². The van der Waals surface area contributed by atoms with Gasteiger partial charge in [0.1, 0.15) is 5.82 Å². The first-order valence-electron chi connectivity index (χ1n) is 8.51. The van der Waals surface area contributed by atoms with Crippen LogP contribution in [0.15, 0.2) is 12.4 Å². The zero-order chi connectivity index (χ0) is 14.9. The van der Waals surface area contributed by atoms with Gasteiger partial charge in [0, 0.05) is 32.0 Å². The van der Waals surface area contributed by atoms with E-state index in [-0.39, 0.29) is 0 Å². The van der Waals surface area contributed by atoms with E-state index in [1.54, 1.807) is 0 Å². The molecule has 0 radical (unpaired) electrons. The lowest BCUT2D eigenvalue weighted by atomic mass is 9.72. The summed E-state index contributed by atoms with van der Waals surface area (Å²) in [7, 11) is 2.10. The van der Waals surface area contributed by atoms with Crippen LogP contribution in [0.25, 0.3) is 0 Å². The summed E-state index contributed by atoms with van der Waals surface area (Å²) < 4.78 is 2.16. The van der Waals surface area contributed by atoms with Crippen LogP contribution in [0.2, 0.25) is 0 Å². The van der Waals surface area contributed by atoms with Gasteiger partial charge in [-0.1, -0.05) is 0 Å². The summed E-state index contributed by atoms with van der Waals surface area (Å²) in [6.07, 6.45) is 9.50. The van der Waals surface area contributed by atoms with Crippen molar-refractivity contribution < 1.29 is 0 Å². The third-order valence-electron chi connectivity index (χ3n) is 5.62. The van der Waals surface area contributed by atoms with Crippen molar-refractivity contribution in [2.75, 3.05) is 26.2 Å². The summed E-state index contributed by atoms with van der Waals surface area (Å²) >= 11 is 0. The van der Waals surface area contributed by atoms with Crippen molar-refractivity contribution in [3.63, 3.8) is 0 Å². The number of aryl methyl sites for hydroxylation is 1. The van der Waals surface area contributed by atoms with E-state index in [1.807, 2.05) is 6.20 Å². The van der Waals surface area contributed by atoms with Crippen LogP contribution in [0, 0.1) is 5.41 Å². The fourth-order valence-corrected chi connectivity index (χ4v) is 4.12. The molecule has 1 spiro atoms. The summed E-state index contributed by atoms with van der Waals surface area (Å²) in [6, 6.07) is 0.703. The maximum atomic E-state index is 4.49. The van der Waals surface area contributed by atoms with Crippen LogP contribution in [0.3, 0.4) is 0 Å². The SMILES string of the molecule is CC(C)N1CCC2(CCCN(Cc3nccn3C)C2)CC1. The first-order valence-corrected chi connectivity index (χ1v) is 8.51. The average molecular weight is 290 g/mol. The second-order valence-electron chi connectivity index (χ2n) is 7.40. The molecule has 0 aliphatic carbocycles. The quantitative estimate of drug-likeness (QED) is 0.855. The van der Waals surface area contributed by atoms with Gasteiger partial charge in [0.05, 0.1) is 6.54 Å². The van der Waals surface area contributed by atoms with Crippen molar-refractivity contribution in [1.29, 1.82) is 0 Å². The van der Waals surface area contributed by atoms with Gasteiger partial charge in [-0.15, -0.1) is 0 Å². The highest BCUT2D eigenvalue weighted by Crippen LogP contribution is 2.40. The lowest BCUT2D eigenvalue weighted by Crippen LogP contribution is -2.50. The Morgan fingerprint density at radius 3 is 2.57 bits per heavy atom. The Morgan fingerprint density at radius 1 is 1.19 bits per heavy atom. The normalized spacial score (nSPS) is 24.0. The Balaban J connectivity index is 1.60. The maximum absolute atomic E-state index is 4.49. The van der Waals surface area contributed by atoms with Crippen LogP contribution < -0.4 is 0 Å². The Kier molecular flexibility index (Phi) is 4.36. The first kappa shape index (κ1) is 15.0. The van der Waals surface area contributed by atoms with Gasteiger partial charge >= 0.3 is 0 Å². The molecule has 1 aromatic rings. The van der Waals surface area contributed by atoms with Crippen molar-refractivity contribution in [3.05, 3.63) is 18.2 Å². The second kappa shape index (κ2) is 6.09. The lowest BCUT2D eigenvalue weighted by molar-refractivity contribution is 0.0113. The van der Waals surface area contributed by atoms with Crippen LogP contribution in [0.1, 0.15) is 45.4 Å². The number of likely N-dealkylation sites (tertiary alicyclic amines) is 2. The van der Waals surface area contributed by atoms with Crippen LogP contribution in [-0.2, 0) is 13.6 Å². The molecular formula is C17H30N4. The number of hydrogen-bond donors (Lipinski definition) is 0. The molecule has 0 atom stereocenters. The fourth-order valence-electron chi connectivity index (χ4n) is 4.12. The van der Waals surface area contributed by atoms with Gasteiger partial charge in [0.25, 0.3) is 0 Å². The summed E-state index contributed by atoms with van der Waals surface area (Å²) in [5.41, 5.74) is 0.578. The minimum atomic E-state index is 0.578. The zero-order valence-corrected chi connectivity index (χ0v) is 13.9. The molecule has 3 heterocycles. The topological polar surface area (TPSA) is 24.3 Å². The number of imidazole rings is 1. The smallest absolute Gasteiger partial charge is 0.122 e. The molecule has 2 aliphatic rings. The highest BCUT2D eigenvalue weighted by molar-refractivity contribution is 4.96. The molecule has 2 fully saturated rings. The molecule has 118 valence electrons. The predicted octanol–water partition coefficient (Wildman–Crippen LogP) is 2.51. The molecule has 3 rings (SSSR count). The molecular weight excluding hydrogens is 260 g/mol. The molecule has 0 saturated carbocycles. The number of nitrogens with zero attached hydrogens (tertiary/aromatic N) is 4. The highest BCUT2D eigenvalue weighted by Gasteiger charge is 2.38. The summed E-state index contributed by atoms with van der Waals surface area (Å²) in [4.78, 5) is 9.77. The second-order valence-corrected chi connectivity index (χ2v) is 7.40. The molecule has 0 amide bonds. The van der Waals surface area contributed by atoms with Gasteiger partial charge in [0.15, 0.2) is 0 Å². The van der Waals surface area contributed by atoms with Crippen molar-refractivity contribution in [2.45, 2.75) is 52.1 Å². The lowest BCUT2D eigenvalue weighted by Gasteiger charge is -2.48. The molecule has 0 bridgehead atoms. The van der Waals surface area contributed by atoms with E-state index in [1.165, 1.54) is 57.7 Å². The molecule has 1 aromatic heterocycles.